The van der Waals surface area contributed by atoms with E-state index in [9.17, 15) is 19.2 Å². The summed E-state index contributed by atoms with van der Waals surface area (Å²) >= 11 is 0. The fourth-order valence-electron chi connectivity index (χ4n) is 5.76. The first kappa shape index (κ1) is 23.3. The smallest absolute Gasteiger partial charge is 0.316 e. The maximum atomic E-state index is 12.9. The molecule has 1 saturated carbocycles. The van der Waals surface area contributed by atoms with Crippen molar-refractivity contribution in [3.63, 3.8) is 0 Å². The van der Waals surface area contributed by atoms with Crippen LogP contribution in [0.1, 0.15) is 48.8 Å². The zero-order valence-corrected chi connectivity index (χ0v) is 20.4. The summed E-state index contributed by atoms with van der Waals surface area (Å²) in [5, 5.41) is 0. The van der Waals surface area contributed by atoms with Gasteiger partial charge in [-0.3, -0.25) is 19.2 Å². The van der Waals surface area contributed by atoms with E-state index in [0.717, 1.165) is 42.5 Å². The molecule has 7 heteroatoms. The highest BCUT2D eigenvalue weighted by Gasteiger charge is 2.49. The van der Waals surface area contributed by atoms with Crippen LogP contribution in [-0.2, 0) is 19.2 Å². The van der Waals surface area contributed by atoms with Crippen LogP contribution in [-0.4, -0.2) is 30.2 Å². The third-order valence-electron chi connectivity index (χ3n) is 7.45. The average molecular weight is 475 g/mol. The summed E-state index contributed by atoms with van der Waals surface area (Å²) in [5.74, 6) is -1.46. The normalized spacial score (nSPS) is 24.2. The number of anilines is 2. The van der Waals surface area contributed by atoms with Gasteiger partial charge in [-0.05, 0) is 80.6 Å². The number of rotatable bonds is 4. The second kappa shape index (κ2) is 8.95. The van der Waals surface area contributed by atoms with Gasteiger partial charge in [0, 0.05) is 18.7 Å². The van der Waals surface area contributed by atoms with Crippen molar-refractivity contribution in [2.45, 2.75) is 52.9 Å². The monoisotopic (exact) mass is 474 g/mol. The molecule has 3 amide bonds. The molecule has 2 aromatic rings. The van der Waals surface area contributed by atoms with Crippen molar-refractivity contribution < 1.29 is 23.9 Å². The van der Waals surface area contributed by atoms with Gasteiger partial charge in [-0.25, -0.2) is 4.90 Å². The van der Waals surface area contributed by atoms with E-state index < -0.39 is 11.9 Å². The predicted octanol–water partition coefficient (Wildman–Crippen LogP) is 4.25. The minimum atomic E-state index is -0.562. The second-order valence-corrected chi connectivity index (χ2v) is 10.1. The number of imide groups is 1. The molecular weight excluding hydrogens is 444 g/mol. The number of carbonyl (C=O) groups excluding carboxylic acids is 4. The second-order valence-electron chi connectivity index (χ2n) is 10.1. The number of ether oxygens (including phenoxy) is 1. The van der Waals surface area contributed by atoms with E-state index in [-0.39, 0.29) is 42.5 Å². The molecule has 2 saturated heterocycles. The maximum Gasteiger partial charge on any atom is 0.316 e. The lowest BCUT2D eigenvalue weighted by Gasteiger charge is -2.19. The van der Waals surface area contributed by atoms with Crippen LogP contribution >= 0.6 is 0 Å². The summed E-state index contributed by atoms with van der Waals surface area (Å²) in [6, 6.07) is 10.9. The number of nitrogens with zero attached hydrogens (tertiary/aromatic N) is 2. The molecule has 0 N–H and O–H groups in total. The van der Waals surface area contributed by atoms with Crippen molar-refractivity contribution in [2.24, 2.45) is 17.8 Å². The number of hydrogen-bond acceptors (Lipinski definition) is 5. The third-order valence-corrected chi connectivity index (χ3v) is 7.45. The van der Waals surface area contributed by atoms with Crippen molar-refractivity contribution in [3.8, 4) is 5.75 Å². The highest BCUT2D eigenvalue weighted by molar-refractivity contribution is 6.22. The fraction of sp³-hybridized carbons (Fsp3) is 0.429. The minimum Gasteiger partial charge on any atom is -0.426 e. The van der Waals surface area contributed by atoms with E-state index >= 15 is 0 Å². The van der Waals surface area contributed by atoms with Crippen molar-refractivity contribution in [1.29, 1.82) is 0 Å². The Hall–Kier alpha value is -3.48. The summed E-state index contributed by atoms with van der Waals surface area (Å²) in [4.78, 5) is 54.4. The molecular formula is C28H30N2O5. The van der Waals surface area contributed by atoms with Gasteiger partial charge in [0.05, 0.1) is 23.4 Å². The summed E-state index contributed by atoms with van der Waals surface area (Å²) in [7, 11) is 0. The number of carbonyl (C=O) groups is 4. The molecule has 1 aliphatic carbocycles. The lowest BCUT2D eigenvalue weighted by molar-refractivity contribution is -0.139. The Balaban J connectivity index is 1.28. The molecule has 2 aliphatic heterocycles. The summed E-state index contributed by atoms with van der Waals surface area (Å²) in [5.41, 5.74) is 4.15. The van der Waals surface area contributed by atoms with Crippen molar-refractivity contribution in [3.05, 3.63) is 53.1 Å². The summed E-state index contributed by atoms with van der Waals surface area (Å²) in [6.07, 6.45) is 3.58. The van der Waals surface area contributed by atoms with Crippen LogP contribution in [0.5, 0.6) is 5.75 Å². The van der Waals surface area contributed by atoms with Gasteiger partial charge in [0.1, 0.15) is 5.75 Å². The summed E-state index contributed by atoms with van der Waals surface area (Å²) < 4.78 is 5.62. The number of hydrogen-bond donors (Lipinski definition) is 0. The standard InChI is InChI=1S/C28H30N2O5/c1-16-10-17(2)12-20(11-16)29-15-19(14-25(29)31)28(34)35-21-8-9-24(18(3)13-21)30-26(32)22-6-4-5-7-23(22)27(30)33/h8-13,19,22-23H,4-7,14-15H2,1-3H3/t19-,22-,23-/m1/s1. The van der Waals surface area contributed by atoms with Gasteiger partial charge < -0.3 is 9.64 Å². The van der Waals surface area contributed by atoms with Crippen LogP contribution in [0.15, 0.2) is 36.4 Å². The Labute approximate surface area is 205 Å². The molecule has 2 heterocycles. The minimum absolute atomic E-state index is 0.0996. The predicted molar refractivity (Wildman–Crippen MR) is 131 cm³/mol. The fourth-order valence-corrected chi connectivity index (χ4v) is 5.76. The zero-order valence-electron chi connectivity index (χ0n) is 20.4. The van der Waals surface area contributed by atoms with Gasteiger partial charge in [0.15, 0.2) is 0 Å². The molecule has 7 nitrogen and oxygen atoms in total. The lowest BCUT2D eigenvalue weighted by Crippen LogP contribution is -2.31. The van der Waals surface area contributed by atoms with Gasteiger partial charge in [-0.2, -0.15) is 0 Å². The van der Waals surface area contributed by atoms with E-state index in [0.29, 0.717) is 17.0 Å². The lowest BCUT2D eigenvalue weighted by atomic mass is 9.81. The van der Waals surface area contributed by atoms with Crippen LogP contribution in [0.25, 0.3) is 0 Å². The summed E-state index contributed by atoms with van der Waals surface area (Å²) in [6.45, 7) is 6.03. The maximum absolute atomic E-state index is 12.9. The van der Waals surface area contributed by atoms with E-state index in [2.05, 4.69) is 0 Å². The molecule has 0 spiro atoms. The van der Waals surface area contributed by atoms with Crippen LogP contribution in [0.3, 0.4) is 0 Å². The van der Waals surface area contributed by atoms with Crippen LogP contribution in [0.4, 0.5) is 11.4 Å². The van der Waals surface area contributed by atoms with Gasteiger partial charge in [-0.1, -0.05) is 18.9 Å². The van der Waals surface area contributed by atoms with Crippen LogP contribution in [0.2, 0.25) is 0 Å². The van der Waals surface area contributed by atoms with E-state index in [1.807, 2.05) is 32.0 Å². The molecule has 0 bridgehead atoms. The highest BCUT2D eigenvalue weighted by Crippen LogP contribution is 2.41. The number of fused-ring (bicyclic) bond motifs is 1. The largest absolute Gasteiger partial charge is 0.426 e. The molecule has 3 fully saturated rings. The molecule has 0 radical (unpaired) electrons. The molecule has 0 unspecified atom stereocenters. The van der Waals surface area contributed by atoms with Gasteiger partial charge in [0.2, 0.25) is 17.7 Å². The quantitative estimate of drug-likeness (QED) is 0.376. The highest BCUT2D eigenvalue weighted by atomic mass is 16.5. The molecule has 2 aromatic carbocycles. The Morgan fingerprint density at radius 2 is 1.51 bits per heavy atom. The number of benzene rings is 2. The molecule has 3 aliphatic rings. The SMILES string of the molecule is Cc1cc(C)cc(N2C[C@H](C(=O)Oc3ccc(N4C(=O)[C@@H]5CCCC[C@H]5C4=O)c(C)c3)CC2=O)c1. The van der Waals surface area contributed by atoms with Crippen molar-refractivity contribution in [2.75, 3.05) is 16.3 Å². The molecule has 35 heavy (non-hydrogen) atoms. The molecule has 182 valence electrons. The van der Waals surface area contributed by atoms with Crippen molar-refractivity contribution >= 4 is 35.1 Å². The van der Waals surface area contributed by atoms with E-state index in [1.54, 1.807) is 30.0 Å². The topological polar surface area (TPSA) is 84.0 Å². The van der Waals surface area contributed by atoms with E-state index in [4.69, 9.17) is 4.74 Å². The number of aryl methyl sites for hydroxylation is 3. The average Bonchev–Trinajstić information content (AvgIpc) is 3.32. The van der Waals surface area contributed by atoms with Crippen molar-refractivity contribution in [1.82, 2.24) is 0 Å². The van der Waals surface area contributed by atoms with Gasteiger partial charge in [-0.15, -0.1) is 0 Å². The molecule has 5 rings (SSSR count). The van der Waals surface area contributed by atoms with Crippen LogP contribution in [0, 0.1) is 38.5 Å². The number of esters is 1. The van der Waals surface area contributed by atoms with Crippen LogP contribution < -0.4 is 14.5 Å². The Bertz CT molecular complexity index is 1190. The van der Waals surface area contributed by atoms with Gasteiger partial charge >= 0.3 is 5.97 Å². The Morgan fingerprint density at radius 3 is 2.11 bits per heavy atom. The zero-order chi connectivity index (χ0) is 24.9. The van der Waals surface area contributed by atoms with E-state index in [1.165, 1.54) is 4.90 Å². The third kappa shape index (κ3) is 4.24. The Kier molecular flexibility index (Phi) is 5.95. The first-order valence-electron chi connectivity index (χ1n) is 12.3. The molecule has 3 atom stereocenters. The first-order chi connectivity index (χ1) is 16.7. The first-order valence-corrected chi connectivity index (χ1v) is 12.3. The Morgan fingerprint density at radius 1 is 0.886 bits per heavy atom. The van der Waals surface area contributed by atoms with Gasteiger partial charge in [0.25, 0.3) is 0 Å². The molecule has 0 aromatic heterocycles. The number of amides is 3.